The maximum Gasteiger partial charge on any atom is 0.236 e. The normalized spacial score (nSPS) is 26.6. The number of nitrogens with two attached hydrogens (primary N) is 1. The molecule has 1 saturated heterocycles. The number of nitrogens with one attached hydrogen (secondary N) is 1. The van der Waals surface area contributed by atoms with Crippen LogP contribution in [0.2, 0.25) is 0 Å². The van der Waals surface area contributed by atoms with Crippen molar-refractivity contribution >= 4 is 18.3 Å². The molecule has 1 fully saturated rings. The van der Waals surface area contributed by atoms with E-state index in [4.69, 9.17) is 5.73 Å². The zero-order valence-corrected chi connectivity index (χ0v) is 5.20. The number of carbonyl (C=O) groups excluding carboxylic acids is 1. The van der Waals surface area contributed by atoms with Crippen molar-refractivity contribution in [3.05, 3.63) is 0 Å². The Labute approximate surface area is 54.0 Å². The van der Waals surface area contributed by atoms with E-state index in [0.29, 0.717) is 0 Å². The molecule has 4 heteroatoms. The van der Waals surface area contributed by atoms with Gasteiger partial charge in [0, 0.05) is 6.54 Å². The highest BCUT2D eigenvalue weighted by Crippen LogP contribution is 1.92. The predicted octanol–water partition coefficient (Wildman–Crippen LogP) is -0.745. The molecule has 0 radical (unpaired) electrons. The van der Waals surface area contributed by atoms with Crippen LogP contribution in [0.5, 0.6) is 0 Å². The zero-order chi connectivity index (χ0) is 5.28. The molecule has 48 valence electrons. The van der Waals surface area contributed by atoms with E-state index in [1.54, 1.807) is 0 Å². The van der Waals surface area contributed by atoms with Crippen molar-refractivity contribution in [1.29, 1.82) is 0 Å². The Morgan fingerprint density at radius 1 is 1.75 bits per heavy atom. The van der Waals surface area contributed by atoms with Gasteiger partial charge in [0.25, 0.3) is 0 Å². The first-order valence-electron chi connectivity index (χ1n) is 2.34. The third kappa shape index (κ3) is 1.35. The standard InChI is InChI=1S/C4H8N2O.ClH/c5-3-1-2-6-4(3)7;/h3H,1-2,5H2,(H,6,7);1H/t3-;/m1./s1. The summed E-state index contributed by atoms with van der Waals surface area (Å²) in [5, 5.41) is 2.61. The highest BCUT2D eigenvalue weighted by molar-refractivity contribution is 5.85. The number of amides is 1. The molecule has 1 aliphatic rings. The molecule has 3 N–H and O–H groups in total. The van der Waals surface area contributed by atoms with Crippen LogP contribution in [0.1, 0.15) is 6.42 Å². The summed E-state index contributed by atoms with van der Waals surface area (Å²) in [4.78, 5) is 10.3. The quantitative estimate of drug-likeness (QED) is 0.461. The summed E-state index contributed by atoms with van der Waals surface area (Å²) >= 11 is 0. The Morgan fingerprint density at radius 2 is 2.38 bits per heavy atom. The van der Waals surface area contributed by atoms with Crippen LogP contribution >= 0.6 is 12.4 Å². The van der Waals surface area contributed by atoms with E-state index in [2.05, 4.69) is 5.32 Å². The molecule has 0 aromatic rings. The average molecular weight is 137 g/mol. The van der Waals surface area contributed by atoms with Gasteiger partial charge in [0.15, 0.2) is 0 Å². The molecule has 1 heterocycles. The Hall–Kier alpha value is -0.280. The molecule has 0 aromatic carbocycles. The Bertz CT molecular complexity index is 96.0. The van der Waals surface area contributed by atoms with Crippen LogP contribution in [0.25, 0.3) is 0 Å². The summed E-state index contributed by atoms with van der Waals surface area (Å²) < 4.78 is 0. The molecule has 1 amide bonds. The smallest absolute Gasteiger partial charge is 0.236 e. The maximum absolute atomic E-state index is 10.3. The first kappa shape index (κ1) is 7.72. The van der Waals surface area contributed by atoms with E-state index in [9.17, 15) is 4.79 Å². The second kappa shape index (κ2) is 2.89. The lowest BCUT2D eigenvalue weighted by Crippen LogP contribution is -2.29. The van der Waals surface area contributed by atoms with Crippen molar-refractivity contribution in [2.45, 2.75) is 12.5 Å². The lowest BCUT2D eigenvalue weighted by Gasteiger charge is -1.91. The van der Waals surface area contributed by atoms with Gasteiger partial charge in [-0.05, 0) is 6.42 Å². The van der Waals surface area contributed by atoms with E-state index < -0.39 is 0 Å². The molecule has 0 aromatic heterocycles. The minimum absolute atomic E-state index is 0. The molecule has 1 atom stereocenters. The van der Waals surface area contributed by atoms with Gasteiger partial charge in [-0.2, -0.15) is 0 Å². The highest BCUT2D eigenvalue weighted by atomic mass is 35.5. The van der Waals surface area contributed by atoms with Gasteiger partial charge in [-0.1, -0.05) is 0 Å². The molecule has 0 unspecified atom stereocenters. The van der Waals surface area contributed by atoms with Gasteiger partial charge < -0.3 is 11.1 Å². The minimum atomic E-state index is -0.236. The van der Waals surface area contributed by atoms with Gasteiger partial charge in [0.1, 0.15) is 0 Å². The fraction of sp³-hybridized carbons (Fsp3) is 0.750. The number of hydrogen-bond acceptors (Lipinski definition) is 2. The van der Waals surface area contributed by atoms with Gasteiger partial charge in [0.2, 0.25) is 5.91 Å². The first-order chi connectivity index (χ1) is 3.30. The van der Waals surface area contributed by atoms with Crippen LogP contribution in [-0.4, -0.2) is 18.5 Å². The molecule has 0 aliphatic carbocycles. The largest absolute Gasteiger partial charge is 0.355 e. The van der Waals surface area contributed by atoms with Crippen LogP contribution in [0.3, 0.4) is 0 Å². The highest BCUT2D eigenvalue weighted by Gasteiger charge is 2.18. The van der Waals surface area contributed by atoms with E-state index in [1.807, 2.05) is 0 Å². The van der Waals surface area contributed by atoms with Crippen LogP contribution in [-0.2, 0) is 4.79 Å². The fourth-order valence-corrected chi connectivity index (χ4v) is 0.613. The molecule has 1 aliphatic heterocycles. The third-order valence-corrected chi connectivity index (χ3v) is 1.09. The Morgan fingerprint density at radius 3 is 2.50 bits per heavy atom. The number of hydrogen-bond donors (Lipinski definition) is 2. The number of rotatable bonds is 0. The van der Waals surface area contributed by atoms with Crippen molar-refractivity contribution in [2.24, 2.45) is 5.73 Å². The van der Waals surface area contributed by atoms with E-state index >= 15 is 0 Å². The van der Waals surface area contributed by atoms with Crippen molar-refractivity contribution < 1.29 is 4.79 Å². The molecule has 3 nitrogen and oxygen atoms in total. The van der Waals surface area contributed by atoms with Crippen LogP contribution in [0.15, 0.2) is 0 Å². The summed E-state index contributed by atoms with van der Waals surface area (Å²) in [6.45, 7) is 0.750. The predicted molar refractivity (Wildman–Crippen MR) is 32.9 cm³/mol. The monoisotopic (exact) mass is 136 g/mol. The lowest BCUT2D eigenvalue weighted by atomic mass is 10.3. The van der Waals surface area contributed by atoms with Gasteiger partial charge >= 0.3 is 0 Å². The lowest BCUT2D eigenvalue weighted by molar-refractivity contribution is -0.120. The third-order valence-electron chi connectivity index (χ3n) is 1.09. The van der Waals surface area contributed by atoms with Gasteiger partial charge in [0.05, 0.1) is 6.04 Å². The summed E-state index contributed by atoms with van der Waals surface area (Å²) in [6.07, 6.45) is 0.791. The topological polar surface area (TPSA) is 55.1 Å². The molecular formula is C4H9ClN2O. The second-order valence-electron chi connectivity index (χ2n) is 1.69. The molecule has 8 heavy (non-hydrogen) atoms. The van der Waals surface area contributed by atoms with E-state index in [0.717, 1.165) is 13.0 Å². The van der Waals surface area contributed by atoms with Crippen molar-refractivity contribution in [1.82, 2.24) is 5.32 Å². The van der Waals surface area contributed by atoms with Crippen LogP contribution in [0, 0.1) is 0 Å². The first-order valence-corrected chi connectivity index (χ1v) is 2.34. The zero-order valence-electron chi connectivity index (χ0n) is 4.39. The number of carbonyl (C=O) groups is 1. The summed E-state index contributed by atoms with van der Waals surface area (Å²) in [7, 11) is 0. The summed E-state index contributed by atoms with van der Waals surface area (Å²) in [5.41, 5.74) is 5.27. The van der Waals surface area contributed by atoms with Crippen LogP contribution in [0.4, 0.5) is 0 Å². The maximum atomic E-state index is 10.3. The van der Waals surface area contributed by atoms with Gasteiger partial charge in [-0.25, -0.2) is 0 Å². The van der Waals surface area contributed by atoms with Crippen molar-refractivity contribution in [3.63, 3.8) is 0 Å². The molecular weight excluding hydrogens is 128 g/mol. The fourth-order valence-electron chi connectivity index (χ4n) is 0.613. The summed E-state index contributed by atoms with van der Waals surface area (Å²) in [5.74, 6) is -0.0139. The SMILES string of the molecule is Cl.N[C@@H]1CCNC1=O. The van der Waals surface area contributed by atoms with E-state index in [1.165, 1.54) is 0 Å². The van der Waals surface area contributed by atoms with Gasteiger partial charge in [-0.15, -0.1) is 12.4 Å². The molecule has 0 spiro atoms. The molecule has 0 saturated carbocycles. The Kier molecular flexibility index (Phi) is 2.79. The molecule has 1 rings (SSSR count). The Balaban J connectivity index is 0.000000490. The van der Waals surface area contributed by atoms with Crippen molar-refractivity contribution in [3.8, 4) is 0 Å². The number of halogens is 1. The second-order valence-corrected chi connectivity index (χ2v) is 1.69. The van der Waals surface area contributed by atoms with Crippen LogP contribution < -0.4 is 11.1 Å². The minimum Gasteiger partial charge on any atom is -0.355 e. The molecule has 0 bridgehead atoms. The van der Waals surface area contributed by atoms with E-state index in [-0.39, 0.29) is 24.4 Å². The van der Waals surface area contributed by atoms with Gasteiger partial charge in [-0.3, -0.25) is 4.79 Å². The average Bonchev–Trinajstić information content (AvgIpc) is 1.91. The summed E-state index contributed by atoms with van der Waals surface area (Å²) in [6, 6.07) is -0.236. The van der Waals surface area contributed by atoms with Crippen molar-refractivity contribution in [2.75, 3.05) is 6.54 Å².